The first-order valence-electron chi connectivity index (χ1n) is 7.14. The fraction of sp³-hybridized carbons (Fsp3) is 0.857. The zero-order valence-corrected chi connectivity index (χ0v) is 13.4. The van der Waals surface area contributed by atoms with Gasteiger partial charge in [0.15, 0.2) is 0 Å². The molecular formula is C14H26N2O3S. The number of nitrogens with one attached hydrogen (secondary N) is 2. The number of amides is 2. The van der Waals surface area contributed by atoms with E-state index < -0.39 is 5.97 Å². The molecular weight excluding hydrogens is 276 g/mol. The first-order chi connectivity index (χ1) is 9.22. The van der Waals surface area contributed by atoms with Gasteiger partial charge < -0.3 is 15.7 Å². The van der Waals surface area contributed by atoms with Crippen LogP contribution in [-0.4, -0.2) is 39.7 Å². The molecule has 1 rings (SSSR count). The van der Waals surface area contributed by atoms with Gasteiger partial charge in [-0.05, 0) is 12.8 Å². The van der Waals surface area contributed by atoms with Crippen LogP contribution in [-0.2, 0) is 4.79 Å². The molecule has 0 aromatic carbocycles. The number of thioether (sulfide) groups is 1. The third kappa shape index (κ3) is 6.50. The summed E-state index contributed by atoms with van der Waals surface area (Å²) < 4.78 is 0.156. The van der Waals surface area contributed by atoms with E-state index in [1.54, 1.807) is 0 Å². The van der Waals surface area contributed by atoms with Gasteiger partial charge in [-0.3, -0.25) is 4.79 Å². The van der Waals surface area contributed by atoms with Gasteiger partial charge in [0.05, 0.1) is 5.54 Å². The second kappa shape index (κ2) is 7.20. The second-order valence-electron chi connectivity index (χ2n) is 6.44. The van der Waals surface area contributed by atoms with Crippen LogP contribution >= 0.6 is 11.8 Å². The Kier molecular flexibility index (Phi) is 6.17. The van der Waals surface area contributed by atoms with E-state index in [9.17, 15) is 9.59 Å². The maximum atomic E-state index is 11.9. The number of hydrogen-bond donors (Lipinski definition) is 3. The van der Waals surface area contributed by atoms with Crippen LogP contribution in [0.2, 0.25) is 0 Å². The zero-order valence-electron chi connectivity index (χ0n) is 12.6. The number of hydrogen-bond acceptors (Lipinski definition) is 3. The van der Waals surface area contributed by atoms with Crippen molar-refractivity contribution in [3.05, 3.63) is 0 Å². The van der Waals surface area contributed by atoms with Crippen molar-refractivity contribution in [1.82, 2.24) is 10.6 Å². The predicted octanol–water partition coefficient (Wildman–Crippen LogP) is 2.60. The summed E-state index contributed by atoms with van der Waals surface area (Å²) in [5.41, 5.74) is -0.196. The molecule has 6 heteroatoms. The second-order valence-corrected chi connectivity index (χ2v) is 8.25. The molecule has 116 valence electrons. The Balaban J connectivity index is 2.58. The van der Waals surface area contributed by atoms with E-state index in [2.05, 4.69) is 31.4 Å². The van der Waals surface area contributed by atoms with Crippen LogP contribution in [0.1, 0.15) is 52.9 Å². The van der Waals surface area contributed by atoms with Gasteiger partial charge in [-0.1, -0.05) is 40.0 Å². The molecule has 1 aliphatic rings. The van der Waals surface area contributed by atoms with Crippen LogP contribution in [0.4, 0.5) is 4.79 Å². The average Bonchev–Trinajstić information content (AvgIpc) is 2.34. The molecule has 20 heavy (non-hydrogen) atoms. The van der Waals surface area contributed by atoms with Crippen molar-refractivity contribution in [2.75, 3.05) is 12.3 Å². The third-order valence-electron chi connectivity index (χ3n) is 3.37. The predicted molar refractivity (Wildman–Crippen MR) is 82.2 cm³/mol. The first-order valence-corrected chi connectivity index (χ1v) is 8.13. The van der Waals surface area contributed by atoms with Crippen LogP contribution in [0.3, 0.4) is 0 Å². The number of carboxylic acid groups (broad SMARTS) is 1. The quantitative estimate of drug-likeness (QED) is 0.729. The fourth-order valence-corrected chi connectivity index (χ4v) is 3.40. The summed E-state index contributed by atoms with van der Waals surface area (Å²) in [7, 11) is 0. The molecule has 0 spiro atoms. The van der Waals surface area contributed by atoms with Crippen molar-refractivity contribution >= 4 is 23.8 Å². The standard InChI is InChI=1S/C14H26N2O3S/c1-13(2,3)20-10-14(7-5-4-6-8-14)16-12(19)15-9-11(17)18/h4-10H2,1-3H3,(H,17,18)(H2,15,16,19). The van der Waals surface area contributed by atoms with Crippen molar-refractivity contribution in [3.63, 3.8) is 0 Å². The normalized spacial score (nSPS) is 18.4. The number of carbonyl (C=O) groups is 2. The Morgan fingerprint density at radius 2 is 1.80 bits per heavy atom. The molecule has 5 nitrogen and oxygen atoms in total. The van der Waals surface area contributed by atoms with E-state index in [1.165, 1.54) is 6.42 Å². The van der Waals surface area contributed by atoms with Gasteiger partial charge in [-0.2, -0.15) is 11.8 Å². The third-order valence-corrected chi connectivity index (χ3v) is 4.93. The highest BCUT2D eigenvalue weighted by Crippen LogP contribution is 2.35. The van der Waals surface area contributed by atoms with Crippen LogP contribution in [0.25, 0.3) is 0 Å². The van der Waals surface area contributed by atoms with Gasteiger partial charge in [-0.15, -0.1) is 0 Å². The molecule has 0 unspecified atom stereocenters. The minimum atomic E-state index is -1.03. The molecule has 0 aromatic heterocycles. The van der Waals surface area contributed by atoms with Crippen molar-refractivity contribution in [2.24, 2.45) is 0 Å². The van der Waals surface area contributed by atoms with Crippen LogP contribution < -0.4 is 10.6 Å². The fourth-order valence-electron chi connectivity index (χ4n) is 2.33. The summed E-state index contributed by atoms with van der Waals surface area (Å²) in [6.07, 6.45) is 5.38. The van der Waals surface area contributed by atoms with Crippen LogP contribution in [0.5, 0.6) is 0 Å². The number of carbonyl (C=O) groups excluding carboxylic acids is 1. The Bertz CT molecular complexity index is 347. The first kappa shape index (κ1) is 17.1. The summed E-state index contributed by atoms with van der Waals surface area (Å²) in [5, 5.41) is 14.0. The molecule has 1 aliphatic carbocycles. The van der Waals surface area contributed by atoms with Gasteiger partial charge in [0.1, 0.15) is 6.54 Å². The van der Waals surface area contributed by atoms with Crippen LogP contribution in [0.15, 0.2) is 0 Å². The molecule has 0 saturated heterocycles. The summed E-state index contributed by atoms with van der Waals surface area (Å²) in [4.78, 5) is 22.3. The largest absolute Gasteiger partial charge is 0.480 e. The molecule has 0 atom stereocenters. The summed E-state index contributed by atoms with van der Waals surface area (Å²) in [6.45, 7) is 6.16. The van der Waals surface area contributed by atoms with Crippen molar-refractivity contribution < 1.29 is 14.7 Å². The maximum Gasteiger partial charge on any atom is 0.323 e. The van der Waals surface area contributed by atoms with E-state index in [-0.39, 0.29) is 22.9 Å². The number of carboxylic acids is 1. The topological polar surface area (TPSA) is 78.4 Å². The molecule has 0 heterocycles. The molecule has 0 aliphatic heterocycles. The van der Waals surface area contributed by atoms with Crippen molar-refractivity contribution in [1.29, 1.82) is 0 Å². The minimum Gasteiger partial charge on any atom is -0.480 e. The molecule has 1 saturated carbocycles. The Morgan fingerprint density at radius 1 is 1.20 bits per heavy atom. The highest BCUT2D eigenvalue weighted by Gasteiger charge is 2.34. The Morgan fingerprint density at radius 3 is 2.30 bits per heavy atom. The molecule has 0 bridgehead atoms. The molecule has 0 radical (unpaired) electrons. The lowest BCUT2D eigenvalue weighted by molar-refractivity contribution is -0.135. The van der Waals surface area contributed by atoms with E-state index in [0.717, 1.165) is 31.4 Å². The lowest BCUT2D eigenvalue weighted by Gasteiger charge is -2.39. The SMILES string of the molecule is CC(C)(C)SCC1(NC(=O)NCC(=O)O)CCCCC1. The average molecular weight is 302 g/mol. The van der Waals surface area contributed by atoms with Gasteiger partial charge in [0.2, 0.25) is 0 Å². The van der Waals surface area contributed by atoms with E-state index in [1.807, 2.05) is 11.8 Å². The highest BCUT2D eigenvalue weighted by atomic mass is 32.2. The Hall–Kier alpha value is -0.910. The molecule has 0 aromatic rings. The van der Waals surface area contributed by atoms with Crippen molar-refractivity contribution in [3.8, 4) is 0 Å². The van der Waals surface area contributed by atoms with E-state index in [4.69, 9.17) is 5.11 Å². The lowest BCUT2D eigenvalue weighted by Crippen LogP contribution is -2.55. The Labute approximate surface area is 125 Å². The number of urea groups is 1. The highest BCUT2D eigenvalue weighted by molar-refractivity contribution is 8.00. The van der Waals surface area contributed by atoms with Gasteiger partial charge in [0.25, 0.3) is 0 Å². The zero-order chi connectivity index (χ0) is 15.2. The summed E-state index contributed by atoms with van der Waals surface area (Å²) >= 11 is 1.85. The lowest BCUT2D eigenvalue weighted by atomic mass is 9.83. The monoisotopic (exact) mass is 302 g/mol. The van der Waals surface area contributed by atoms with E-state index >= 15 is 0 Å². The molecule has 1 fully saturated rings. The van der Waals surface area contributed by atoms with E-state index in [0.29, 0.717) is 0 Å². The van der Waals surface area contributed by atoms with Gasteiger partial charge in [0, 0.05) is 10.5 Å². The number of aliphatic carboxylic acids is 1. The summed E-state index contributed by atoms with van der Waals surface area (Å²) in [6, 6.07) is -0.371. The molecule has 2 amide bonds. The number of rotatable bonds is 5. The smallest absolute Gasteiger partial charge is 0.323 e. The molecule has 3 N–H and O–H groups in total. The summed E-state index contributed by atoms with van der Waals surface area (Å²) in [5.74, 6) is -0.154. The van der Waals surface area contributed by atoms with Crippen molar-refractivity contribution in [2.45, 2.75) is 63.2 Å². The van der Waals surface area contributed by atoms with Crippen LogP contribution in [0, 0.1) is 0 Å². The van der Waals surface area contributed by atoms with Gasteiger partial charge in [-0.25, -0.2) is 4.79 Å². The minimum absolute atomic E-state index is 0.156. The maximum absolute atomic E-state index is 11.9. The van der Waals surface area contributed by atoms with Gasteiger partial charge >= 0.3 is 12.0 Å².